The van der Waals surface area contributed by atoms with Crippen molar-refractivity contribution in [2.75, 3.05) is 0 Å². The number of nitrogens with one attached hydrogen (secondary N) is 1. The van der Waals surface area contributed by atoms with Crippen LogP contribution in [0.5, 0.6) is 0 Å². The maximum atomic E-state index is 11.3. The molecule has 0 saturated carbocycles. The Labute approximate surface area is 84.6 Å². The third-order valence-electron chi connectivity index (χ3n) is 1.95. The highest BCUT2D eigenvalue weighted by Gasteiger charge is 2.05. The minimum atomic E-state index is 0.0398. The van der Waals surface area contributed by atoms with Crippen LogP contribution in [0.4, 0.5) is 0 Å². The number of hydrogen-bond acceptors (Lipinski definition) is 2. The summed E-state index contributed by atoms with van der Waals surface area (Å²) in [5, 5.41) is 2.86. The topological polar surface area (TPSA) is 42.0 Å². The van der Waals surface area contributed by atoms with Gasteiger partial charge in [-0.1, -0.05) is 13.8 Å². The first-order chi connectivity index (χ1) is 6.59. The van der Waals surface area contributed by atoms with Crippen molar-refractivity contribution in [3.05, 3.63) is 29.6 Å². The second-order valence-electron chi connectivity index (χ2n) is 3.68. The molecule has 1 heterocycles. The van der Waals surface area contributed by atoms with Gasteiger partial charge in [0.1, 0.15) is 0 Å². The van der Waals surface area contributed by atoms with E-state index in [1.807, 2.05) is 32.9 Å². The monoisotopic (exact) mass is 192 g/mol. The van der Waals surface area contributed by atoms with Crippen LogP contribution in [0.2, 0.25) is 0 Å². The number of carbonyl (C=O) groups is 1. The number of hydrogen-bond donors (Lipinski definition) is 1. The van der Waals surface area contributed by atoms with Crippen LogP contribution in [0, 0.1) is 12.8 Å². The van der Waals surface area contributed by atoms with Crippen molar-refractivity contribution in [1.82, 2.24) is 10.3 Å². The zero-order chi connectivity index (χ0) is 10.6. The van der Waals surface area contributed by atoms with Gasteiger partial charge in [0.05, 0.1) is 0 Å². The number of amides is 1. The smallest absolute Gasteiger partial charge is 0.222 e. The molecule has 0 spiro atoms. The van der Waals surface area contributed by atoms with Crippen molar-refractivity contribution in [1.29, 1.82) is 0 Å². The van der Waals surface area contributed by atoms with E-state index in [0.717, 1.165) is 11.3 Å². The molecule has 1 rings (SSSR count). The first-order valence-electron chi connectivity index (χ1n) is 4.79. The first-order valence-corrected chi connectivity index (χ1v) is 4.79. The van der Waals surface area contributed by atoms with Gasteiger partial charge >= 0.3 is 0 Å². The zero-order valence-corrected chi connectivity index (χ0v) is 8.87. The fraction of sp³-hybridized carbons (Fsp3) is 0.455. The summed E-state index contributed by atoms with van der Waals surface area (Å²) in [4.78, 5) is 15.4. The molecule has 0 radical (unpaired) electrons. The summed E-state index contributed by atoms with van der Waals surface area (Å²) in [5.74, 6) is 0.123. The van der Waals surface area contributed by atoms with Crippen molar-refractivity contribution in [2.24, 2.45) is 5.92 Å². The van der Waals surface area contributed by atoms with Crippen LogP contribution in [-0.2, 0) is 11.3 Å². The Balaban J connectivity index is 2.50. The molecule has 76 valence electrons. The predicted molar refractivity (Wildman–Crippen MR) is 55.7 cm³/mol. The average molecular weight is 192 g/mol. The lowest BCUT2D eigenvalue weighted by Gasteiger charge is -2.07. The maximum absolute atomic E-state index is 11.3. The predicted octanol–water partition coefficient (Wildman–Crippen LogP) is 1.66. The molecule has 14 heavy (non-hydrogen) atoms. The van der Waals surface area contributed by atoms with Crippen LogP contribution < -0.4 is 5.32 Å². The third-order valence-corrected chi connectivity index (χ3v) is 1.95. The van der Waals surface area contributed by atoms with Gasteiger partial charge < -0.3 is 5.32 Å². The summed E-state index contributed by atoms with van der Waals surface area (Å²) in [6.07, 6.45) is 1.76. The molecule has 1 aromatic heterocycles. The van der Waals surface area contributed by atoms with Gasteiger partial charge in [-0.25, -0.2) is 0 Å². The standard InChI is InChI=1S/C11H16N2O/c1-8(2)11(14)13-7-10-4-5-12-9(3)6-10/h4-6,8H,7H2,1-3H3,(H,13,14). The Morgan fingerprint density at radius 1 is 1.57 bits per heavy atom. The highest BCUT2D eigenvalue weighted by atomic mass is 16.1. The molecule has 0 atom stereocenters. The Bertz CT molecular complexity index is 321. The summed E-state index contributed by atoms with van der Waals surface area (Å²) >= 11 is 0. The fourth-order valence-electron chi connectivity index (χ4n) is 1.11. The van der Waals surface area contributed by atoms with Crippen molar-refractivity contribution < 1.29 is 4.79 Å². The molecule has 0 fully saturated rings. The van der Waals surface area contributed by atoms with E-state index in [4.69, 9.17) is 0 Å². The lowest BCUT2D eigenvalue weighted by Crippen LogP contribution is -2.27. The average Bonchev–Trinajstić information content (AvgIpc) is 2.14. The Morgan fingerprint density at radius 3 is 2.86 bits per heavy atom. The summed E-state index contributed by atoms with van der Waals surface area (Å²) < 4.78 is 0. The van der Waals surface area contributed by atoms with Crippen molar-refractivity contribution in [3.63, 3.8) is 0 Å². The van der Waals surface area contributed by atoms with E-state index < -0.39 is 0 Å². The van der Waals surface area contributed by atoms with E-state index in [1.165, 1.54) is 0 Å². The number of carbonyl (C=O) groups excluding carboxylic acids is 1. The van der Waals surface area contributed by atoms with E-state index in [9.17, 15) is 4.79 Å². The van der Waals surface area contributed by atoms with E-state index in [2.05, 4.69) is 10.3 Å². The second-order valence-corrected chi connectivity index (χ2v) is 3.68. The maximum Gasteiger partial charge on any atom is 0.222 e. The largest absolute Gasteiger partial charge is 0.352 e. The summed E-state index contributed by atoms with van der Waals surface area (Å²) in [6.45, 7) is 6.29. The van der Waals surface area contributed by atoms with E-state index in [1.54, 1.807) is 6.20 Å². The summed E-state index contributed by atoms with van der Waals surface area (Å²) in [7, 11) is 0. The van der Waals surface area contributed by atoms with E-state index in [0.29, 0.717) is 6.54 Å². The van der Waals surface area contributed by atoms with Gasteiger partial charge in [0, 0.05) is 24.4 Å². The number of pyridine rings is 1. The molecule has 0 aliphatic rings. The SMILES string of the molecule is Cc1cc(CNC(=O)C(C)C)ccn1. The highest BCUT2D eigenvalue weighted by molar-refractivity contribution is 5.77. The molecule has 0 unspecified atom stereocenters. The Hall–Kier alpha value is -1.38. The number of rotatable bonds is 3. The number of aryl methyl sites for hydroxylation is 1. The molecule has 0 aliphatic carbocycles. The van der Waals surface area contributed by atoms with Gasteiger partial charge in [0.25, 0.3) is 0 Å². The molecule has 1 amide bonds. The zero-order valence-electron chi connectivity index (χ0n) is 8.87. The minimum Gasteiger partial charge on any atom is -0.352 e. The number of nitrogens with zero attached hydrogens (tertiary/aromatic N) is 1. The molecule has 3 heteroatoms. The van der Waals surface area contributed by atoms with Gasteiger partial charge in [-0.2, -0.15) is 0 Å². The Kier molecular flexibility index (Phi) is 3.63. The Morgan fingerprint density at radius 2 is 2.29 bits per heavy atom. The van der Waals surface area contributed by atoms with E-state index in [-0.39, 0.29) is 11.8 Å². The molecular formula is C11H16N2O. The van der Waals surface area contributed by atoms with E-state index >= 15 is 0 Å². The fourth-order valence-corrected chi connectivity index (χ4v) is 1.11. The van der Waals surface area contributed by atoms with Crippen LogP contribution in [0.15, 0.2) is 18.3 Å². The van der Waals surface area contributed by atoms with Crippen molar-refractivity contribution in [2.45, 2.75) is 27.3 Å². The number of aromatic nitrogens is 1. The quantitative estimate of drug-likeness (QED) is 0.791. The minimum absolute atomic E-state index is 0.0398. The molecule has 0 aliphatic heterocycles. The van der Waals surface area contributed by atoms with Crippen LogP contribution in [0.3, 0.4) is 0 Å². The summed E-state index contributed by atoms with van der Waals surface area (Å²) in [5.41, 5.74) is 2.06. The van der Waals surface area contributed by atoms with Crippen LogP contribution in [0.1, 0.15) is 25.1 Å². The van der Waals surface area contributed by atoms with Crippen molar-refractivity contribution in [3.8, 4) is 0 Å². The first kappa shape index (κ1) is 10.7. The molecule has 0 bridgehead atoms. The molecular weight excluding hydrogens is 176 g/mol. The van der Waals surface area contributed by atoms with Gasteiger partial charge in [-0.3, -0.25) is 9.78 Å². The third kappa shape index (κ3) is 3.17. The normalized spacial score (nSPS) is 10.3. The lowest BCUT2D eigenvalue weighted by molar-refractivity contribution is -0.124. The van der Waals surface area contributed by atoms with Gasteiger partial charge in [-0.15, -0.1) is 0 Å². The lowest BCUT2D eigenvalue weighted by atomic mass is 10.2. The van der Waals surface area contributed by atoms with Crippen LogP contribution >= 0.6 is 0 Å². The molecule has 1 aromatic rings. The van der Waals surface area contributed by atoms with Crippen molar-refractivity contribution >= 4 is 5.91 Å². The van der Waals surface area contributed by atoms with Gasteiger partial charge in [-0.05, 0) is 24.6 Å². The molecule has 3 nitrogen and oxygen atoms in total. The van der Waals surface area contributed by atoms with Gasteiger partial charge in [0.2, 0.25) is 5.91 Å². The molecule has 0 aromatic carbocycles. The summed E-state index contributed by atoms with van der Waals surface area (Å²) in [6, 6.07) is 3.88. The van der Waals surface area contributed by atoms with Gasteiger partial charge in [0.15, 0.2) is 0 Å². The highest BCUT2D eigenvalue weighted by Crippen LogP contribution is 2.00. The second kappa shape index (κ2) is 4.74. The molecule has 1 N–H and O–H groups in total. The van der Waals surface area contributed by atoms with Crippen LogP contribution in [-0.4, -0.2) is 10.9 Å². The molecule has 0 saturated heterocycles. The van der Waals surface area contributed by atoms with Crippen LogP contribution in [0.25, 0.3) is 0 Å².